The Bertz CT molecular complexity index is 762. The van der Waals surface area contributed by atoms with Crippen LogP contribution in [0.15, 0.2) is 48.5 Å². The third-order valence-corrected chi connectivity index (χ3v) is 6.47. The number of hydrogen-bond acceptors (Lipinski definition) is 0. The molecule has 0 amide bonds. The Morgan fingerprint density at radius 2 is 1.34 bits per heavy atom. The Hall–Kier alpha value is -2.00. The number of unbranched alkanes of at least 4 members (excludes halogenated alkanes) is 3. The van der Waals surface area contributed by atoms with E-state index in [1.165, 1.54) is 87.3 Å². The van der Waals surface area contributed by atoms with Crippen LogP contribution >= 0.6 is 0 Å². The lowest BCUT2D eigenvalue weighted by Crippen LogP contribution is -2.13. The van der Waals surface area contributed by atoms with Crippen LogP contribution in [-0.2, 0) is 6.42 Å². The van der Waals surface area contributed by atoms with E-state index < -0.39 is 0 Å². The van der Waals surface area contributed by atoms with Crippen LogP contribution in [0.3, 0.4) is 0 Å². The maximum Gasteiger partial charge on any atom is 0.0245 e. The molecule has 29 heavy (non-hydrogen) atoms. The first-order valence-electron chi connectivity index (χ1n) is 12.0. The van der Waals surface area contributed by atoms with Crippen molar-refractivity contribution in [2.75, 3.05) is 0 Å². The van der Waals surface area contributed by atoms with Crippen LogP contribution in [0.2, 0.25) is 0 Å². The highest BCUT2D eigenvalue weighted by atomic mass is 14.2. The molecule has 0 nitrogen and oxygen atoms in total. The van der Waals surface area contributed by atoms with E-state index in [0.717, 1.165) is 11.5 Å². The highest BCUT2D eigenvalue weighted by Gasteiger charge is 2.19. The summed E-state index contributed by atoms with van der Waals surface area (Å²) in [6.45, 7) is 4.54. The summed E-state index contributed by atoms with van der Waals surface area (Å²) in [5, 5.41) is 0. The molecule has 1 aliphatic carbocycles. The Labute approximate surface area is 179 Å². The molecule has 0 heterocycles. The first kappa shape index (κ1) is 21.7. The van der Waals surface area contributed by atoms with Gasteiger partial charge in [0.15, 0.2) is 0 Å². The Kier molecular flexibility index (Phi) is 8.88. The molecule has 0 atom stereocenters. The molecule has 0 bridgehead atoms. The minimum atomic E-state index is 0.604. The van der Waals surface area contributed by atoms with Crippen LogP contribution < -0.4 is 0 Å². The topological polar surface area (TPSA) is 0 Å². The van der Waals surface area contributed by atoms with Crippen LogP contribution in [-0.4, -0.2) is 0 Å². The fraction of sp³-hybridized carbons (Fsp3) is 0.517. The molecular weight excluding hydrogens is 348 g/mol. The van der Waals surface area contributed by atoms with Gasteiger partial charge in [-0.2, -0.15) is 0 Å². The highest BCUT2D eigenvalue weighted by Crippen LogP contribution is 2.31. The smallest absolute Gasteiger partial charge is 0.0245 e. The third kappa shape index (κ3) is 7.08. The van der Waals surface area contributed by atoms with Crippen LogP contribution in [0.25, 0.3) is 11.1 Å². The van der Waals surface area contributed by atoms with E-state index in [1.807, 2.05) is 0 Å². The van der Waals surface area contributed by atoms with Gasteiger partial charge in [-0.3, -0.25) is 0 Å². The van der Waals surface area contributed by atoms with Crippen molar-refractivity contribution >= 4 is 0 Å². The lowest BCUT2D eigenvalue weighted by atomic mass is 9.80. The van der Waals surface area contributed by atoms with Gasteiger partial charge in [-0.25, -0.2) is 0 Å². The molecule has 0 saturated heterocycles. The van der Waals surface area contributed by atoms with E-state index in [2.05, 4.69) is 74.2 Å². The van der Waals surface area contributed by atoms with Crippen LogP contribution in [0.1, 0.15) is 89.2 Å². The van der Waals surface area contributed by atoms with Crippen molar-refractivity contribution in [3.63, 3.8) is 0 Å². The molecular formula is C29H38. The van der Waals surface area contributed by atoms with Crippen molar-refractivity contribution in [1.29, 1.82) is 0 Å². The Morgan fingerprint density at radius 1 is 0.724 bits per heavy atom. The molecule has 2 aromatic rings. The maximum absolute atomic E-state index is 3.56. The van der Waals surface area contributed by atoms with Gasteiger partial charge in [0.05, 0.1) is 0 Å². The zero-order valence-electron chi connectivity index (χ0n) is 18.6. The van der Waals surface area contributed by atoms with Gasteiger partial charge in [-0.15, -0.1) is 0 Å². The third-order valence-electron chi connectivity index (χ3n) is 6.47. The molecule has 3 rings (SSSR count). The van der Waals surface area contributed by atoms with Crippen molar-refractivity contribution < 1.29 is 0 Å². The lowest BCUT2D eigenvalue weighted by molar-refractivity contribution is 0.294. The molecule has 2 aromatic carbocycles. The molecule has 1 saturated carbocycles. The summed E-state index contributed by atoms with van der Waals surface area (Å²) in [6, 6.07) is 17.9. The fourth-order valence-electron chi connectivity index (χ4n) is 4.45. The zero-order valence-corrected chi connectivity index (χ0v) is 18.6. The second kappa shape index (κ2) is 11.9. The van der Waals surface area contributed by atoms with Gasteiger partial charge in [-0.1, -0.05) is 94.2 Å². The summed E-state index contributed by atoms with van der Waals surface area (Å²) in [5.41, 5.74) is 5.17. The fourth-order valence-corrected chi connectivity index (χ4v) is 4.45. The Morgan fingerprint density at radius 3 is 1.97 bits per heavy atom. The van der Waals surface area contributed by atoms with Gasteiger partial charge >= 0.3 is 0 Å². The predicted octanol–water partition coefficient (Wildman–Crippen LogP) is 8.43. The predicted molar refractivity (Wildman–Crippen MR) is 127 cm³/mol. The summed E-state index contributed by atoms with van der Waals surface area (Å²) in [5.74, 6) is 8.57. The van der Waals surface area contributed by atoms with E-state index in [4.69, 9.17) is 0 Å². The quantitative estimate of drug-likeness (QED) is 0.315. The van der Waals surface area contributed by atoms with E-state index >= 15 is 0 Å². The van der Waals surface area contributed by atoms with Gasteiger partial charge < -0.3 is 0 Å². The molecule has 154 valence electrons. The molecule has 1 fully saturated rings. The van der Waals surface area contributed by atoms with Crippen LogP contribution in [0.5, 0.6) is 0 Å². The van der Waals surface area contributed by atoms with Crippen molar-refractivity contribution in [2.45, 2.75) is 84.5 Å². The minimum absolute atomic E-state index is 0.604. The average Bonchev–Trinajstić information content (AvgIpc) is 2.78. The summed E-state index contributed by atoms with van der Waals surface area (Å²) >= 11 is 0. The molecule has 0 spiro atoms. The van der Waals surface area contributed by atoms with Crippen molar-refractivity contribution in [3.05, 3.63) is 59.7 Å². The van der Waals surface area contributed by atoms with Gasteiger partial charge in [-0.05, 0) is 73.3 Å². The van der Waals surface area contributed by atoms with E-state index in [0.29, 0.717) is 5.92 Å². The van der Waals surface area contributed by atoms with E-state index in [9.17, 15) is 0 Å². The van der Waals surface area contributed by atoms with Gasteiger partial charge in [0.1, 0.15) is 0 Å². The monoisotopic (exact) mass is 386 g/mol. The maximum atomic E-state index is 3.56. The van der Waals surface area contributed by atoms with Crippen molar-refractivity contribution in [3.8, 4) is 23.0 Å². The minimum Gasteiger partial charge on any atom is -0.0945 e. The summed E-state index contributed by atoms with van der Waals surface area (Å²) in [4.78, 5) is 0. The molecule has 0 unspecified atom stereocenters. The summed E-state index contributed by atoms with van der Waals surface area (Å²) in [6.07, 6.45) is 14.7. The molecule has 0 aromatic heterocycles. The molecule has 0 radical (unpaired) electrons. The number of benzene rings is 2. The Balaban J connectivity index is 1.50. The first-order chi connectivity index (χ1) is 14.3. The number of aryl methyl sites for hydroxylation is 1. The highest BCUT2D eigenvalue weighted by molar-refractivity contribution is 5.64. The van der Waals surface area contributed by atoms with Crippen LogP contribution in [0.4, 0.5) is 0 Å². The van der Waals surface area contributed by atoms with E-state index in [-0.39, 0.29) is 0 Å². The second-order valence-electron chi connectivity index (χ2n) is 8.86. The standard InChI is InChI=1S/C29H38/c1-3-5-7-9-25-10-12-26(13-11-25)14-15-27-18-22-29(23-19-27)28-20-16-24(17-21-28)8-6-4-2/h16-23,25-26H,3-13H2,1-2H3/t25-,26-. The first-order valence-corrected chi connectivity index (χ1v) is 12.0. The summed E-state index contributed by atoms with van der Waals surface area (Å²) in [7, 11) is 0. The average molecular weight is 387 g/mol. The molecule has 0 N–H and O–H groups in total. The normalized spacial score (nSPS) is 18.8. The van der Waals surface area contributed by atoms with E-state index in [1.54, 1.807) is 0 Å². The van der Waals surface area contributed by atoms with Gasteiger partial charge in [0, 0.05) is 11.5 Å². The van der Waals surface area contributed by atoms with Crippen LogP contribution in [0, 0.1) is 23.7 Å². The SMILES string of the molecule is CCCCC[C@H]1CC[C@H](C#Cc2ccc(-c3ccc(CCCC)cc3)cc2)CC1. The largest absolute Gasteiger partial charge is 0.0945 e. The lowest BCUT2D eigenvalue weighted by Gasteiger charge is -2.25. The molecule has 1 aliphatic rings. The zero-order chi connectivity index (χ0) is 20.3. The second-order valence-corrected chi connectivity index (χ2v) is 8.86. The van der Waals surface area contributed by atoms with Crippen molar-refractivity contribution in [2.24, 2.45) is 11.8 Å². The van der Waals surface area contributed by atoms with Gasteiger partial charge in [0.25, 0.3) is 0 Å². The van der Waals surface area contributed by atoms with Gasteiger partial charge in [0.2, 0.25) is 0 Å². The van der Waals surface area contributed by atoms with Crippen molar-refractivity contribution in [1.82, 2.24) is 0 Å². The number of hydrogen-bond donors (Lipinski definition) is 0. The molecule has 0 aliphatic heterocycles. The number of rotatable bonds is 8. The molecule has 0 heteroatoms. The summed E-state index contributed by atoms with van der Waals surface area (Å²) < 4.78 is 0.